The zero-order chi connectivity index (χ0) is 11.7. The maximum Gasteiger partial charge on any atom is 0.263 e. The van der Waals surface area contributed by atoms with Crippen molar-refractivity contribution in [1.29, 1.82) is 0 Å². The summed E-state index contributed by atoms with van der Waals surface area (Å²) in [6, 6.07) is 3.17. The van der Waals surface area contributed by atoms with Crippen molar-refractivity contribution in [3.8, 4) is 17.2 Å². The van der Waals surface area contributed by atoms with Crippen LogP contribution in [0.3, 0.4) is 0 Å². The first kappa shape index (κ1) is 10.6. The van der Waals surface area contributed by atoms with Crippen LogP contribution < -0.4 is 16.2 Å². The Morgan fingerprint density at radius 2 is 2.12 bits per heavy atom. The van der Waals surface area contributed by atoms with E-state index in [-0.39, 0.29) is 11.8 Å². The minimum Gasteiger partial charge on any atom is -0.496 e. The molecule has 16 heavy (non-hydrogen) atoms. The normalized spacial score (nSPS) is 10.4. The van der Waals surface area contributed by atoms with Gasteiger partial charge in [0.05, 0.1) is 23.4 Å². The second kappa shape index (κ2) is 3.90. The van der Waals surface area contributed by atoms with E-state index in [0.717, 1.165) is 0 Å². The van der Waals surface area contributed by atoms with Crippen LogP contribution in [0.15, 0.2) is 16.7 Å². The summed E-state index contributed by atoms with van der Waals surface area (Å²) in [5, 5.41) is 3.86. The maximum atomic E-state index is 5.90. The Hall–Kier alpha value is -1.95. The lowest BCUT2D eigenvalue weighted by Gasteiger charge is -2.07. The van der Waals surface area contributed by atoms with Crippen molar-refractivity contribution in [2.45, 2.75) is 0 Å². The van der Waals surface area contributed by atoms with Gasteiger partial charge in [-0.3, -0.25) is 0 Å². The van der Waals surface area contributed by atoms with Crippen LogP contribution in [-0.2, 0) is 0 Å². The lowest BCUT2D eigenvalue weighted by Crippen LogP contribution is -1.93. The largest absolute Gasteiger partial charge is 0.496 e. The lowest BCUT2D eigenvalue weighted by molar-refractivity contribution is 0.406. The highest BCUT2D eigenvalue weighted by Crippen LogP contribution is 2.35. The molecule has 2 aromatic rings. The summed E-state index contributed by atoms with van der Waals surface area (Å²) < 4.78 is 10.1. The van der Waals surface area contributed by atoms with Crippen molar-refractivity contribution in [3.05, 3.63) is 17.2 Å². The standard InChI is InChI=1S/C9H9ClN4O2/c1-15-7-3-6(11)5(10)2-4(7)8-13-9(12)14-16-8/h2-3H,11H2,1H3,(H2,12,14). The summed E-state index contributed by atoms with van der Waals surface area (Å²) >= 11 is 5.90. The molecule has 0 saturated heterocycles. The van der Waals surface area contributed by atoms with Crippen molar-refractivity contribution in [2.75, 3.05) is 18.6 Å². The van der Waals surface area contributed by atoms with Gasteiger partial charge in [0, 0.05) is 6.07 Å². The van der Waals surface area contributed by atoms with Gasteiger partial charge in [0.1, 0.15) is 5.75 Å². The third kappa shape index (κ3) is 1.74. The molecule has 0 amide bonds. The van der Waals surface area contributed by atoms with E-state index >= 15 is 0 Å². The molecular weight excluding hydrogens is 232 g/mol. The lowest BCUT2D eigenvalue weighted by atomic mass is 10.2. The van der Waals surface area contributed by atoms with Crippen LogP contribution in [0.2, 0.25) is 5.02 Å². The molecule has 0 atom stereocenters. The number of anilines is 2. The molecule has 0 radical (unpaired) electrons. The Morgan fingerprint density at radius 1 is 1.38 bits per heavy atom. The van der Waals surface area contributed by atoms with Gasteiger partial charge in [0.2, 0.25) is 0 Å². The smallest absolute Gasteiger partial charge is 0.263 e. The monoisotopic (exact) mass is 240 g/mol. The number of halogens is 1. The van der Waals surface area contributed by atoms with Crippen molar-refractivity contribution in [3.63, 3.8) is 0 Å². The number of benzene rings is 1. The number of ether oxygens (including phenoxy) is 1. The first-order valence-corrected chi connectivity index (χ1v) is 4.72. The summed E-state index contributed by atoms with van der Waals surface area (Å²) in [4.78, 5) is 3.88. The fourth-order valence-corrected chi connectivity index (χ4v) is 1.41. The van der Waals surface area contributed by atoms with Crippen LogP contribution in [0.5, 0.6) is 5.75 Å². The molecular formula is C9H9ClN4O2. The van der Waals surface area contributed by atoms with Crippen LogP contribution in [0.25, 0.3) is 11.5 Å². The molecule has 1 aromatic carbocycles. The zero-order valence-corrected chi connectivity index (χ0v) is 9.15. The minimum absolute atomic E-state index is 0.0463. The third-order valence-electron chi connectivity index (χ3n) is 1.99. The summed E-state index contributed by atoms with van der Waals surface area (Å²) in [6.07, 6.45) is 0. The summed E-state index contributed by atoms with van der Waals surface area (Å²) in [5.74, 6) is 0.770. The molecule has 6 nitrogen and oxygen atoms in total. The van der Waals surface area contributed by atoms with Gasteiger partial charge in [-0.1, -0.05) is 11.6 Å². The molecule has 0 spiro atoms. The molecule has 1 heterocycles. The van der Waals surface area contributed by atoms with Crippen LogP contribution in [0, 0.1) is 0 Å². The molecule has 0 aliphatic carbocycles. The van der Waals surface area contributed by atoms with Crippen LogP contribution >= 0.6 is 11.6 Å². The summed E-state index contributed by atoms with van der Waals surface area (Å²) in [5.41, 5.74) is 12.0. The molecule has 0 aliphatic heterocycles. The molecule has 2 rings (SSSR count). The van der Waals surface area contributed by atoms with Crippen LogP contribution in [0.4, 0.5) is 11.6 Å². The second-order valence-electron chi connectivity index (χ2n) is 3.03. The molecule has 0 saturated carbocycles. The number of nitrogens with zero attached hydrogens (tertiary/aromatic N) is 2. The van der Waals surface area contributed by atoms with E-state index in [2.05, 4.69) is 10.1 Å². The fourth-order valence-electron chi connectivity index (χ4n) is 1.25. The van der Waals surface area contributed by atoms with Gasteiger partial charge in [-0.2, -0.15) is 4.98 Å². The van der Waals surface area contributed by atoms with Crippen LogP contribution in [0.1, 0.15) is 0 Å². The van der Waals surface area contributed by atoms with Crippen molar-refractivity contribution >= 4 is 23.2 Å². The van der Waals surface area contributed by atoms with Crippen molar-refractivity contribution in [1.82, 2.24) is 10.1 Å². The summed E-state index contributed by atoms with van der Waals surface area (Å²) in [7, 11) is 1.51. The van der Waals surface area contributed by atoms with E-state index in [1.165, 1.54) is 7.11 Å². The molecule has 0 fully saturated rings. The van der Waals surface area contributed by atoms with E-state index in [1.807, 2.05) is 0 Å². The Labute approximate surface area is 96.1 Å². The van der Waals surface area contributed by atoms with E-state index in [0.29, 0.717) is 22.0 Å². The Balaban J connectivity index is 2.59. The Morgan fingerprint density at radius 3 is 2.69 bits per heavy atom. The van der Waals surface area contributed by atoms with E-state index < -0.39 is 0 Å². The van der Waals surface area contributed by atoms with Crippen LogP contribution in [-0.4, -0.2) is 17.3 Å². The van der Waals surface area contributed by atoms with Crippen molar-refractivity contribution in [2.24, 2.45) is 0 Å². The molecule has 1 aromatic heterocycles. The molecule has 0 unspecified atom stereocenters. The zero-order valence-electron chi connectivity index (χ0n) is 8.40. The minimum atomic E-state index is 0.0463. The number of nitrogens with two attached hydrogens (primary N) is 2. The molecule has 84 valence electrons. The van der Waals surface area contributed by atoms with Gasteiger partial charge in [-0.05, 0) is 11.2 Å². The third-order valence-corrected chi connectivity index (χ3v) is 2.32. The predicted molar refractivity (Wildman–Crippen MR) is 60.1 cm³/mol. The Bertz CT molecular complexity index is 526. The SMILES string of the molecule is COc1cc(N)c(Cl)cc1-c1nc(N)no1. The number of aromatic nitrogens is 2. The number of hydrogen-bond donors (Lipinski definition) is 2. The number of hydrogen-bond acceptors (Lipinski definition) is 6. The van der Waals surface area contributed by atoms with Crippen molar-refractivity contribution < 1.29 is 9.26 Å². The summed E-state index contributed by atoms with van der Waals surface area (Å²) in [6.45, 7) is 0. The highest BCUT2D eigenvalue weighted by molar-refractivity contribution is 6.33. The first-order chi connectivity index (χ1) is 7.61. The second-order valence-corrected chi connectivity index (χ2v) is 3.44. The topological polar surface area (TPSA) is 100 Å². The Kier molecular flexibility index (Phi) is 2.57. The number of rotatable bonds is 2. The molecule has 0 bridgehead atoms. The first-order valence-electron chi connectivity index (χ1n) is 4.34. The average Bonchev–Trinajstić information content (AvgIpc) is 2.68. The maximum absolute atomic E-state index is 5.90. The average molecular weight is 241 g/mol. The van der Waals surface area contributed by atoms with Gasteiger partial charge >= 0.3 is 0 Å². The molecule has 7 heteroatoms. The van der Waals surface area contributed by atoms with Gasteiger partial charge in [0.25, 0.3) is 11.8 Å². The van der Waals surface area contributed by atoms with E-state index in [9.17, 15) is 0 Å². The van der Waals surface area contributed by atoms with Gasteiger partial charge in [-0.25, -0.2) is 0 Å². The molecule has 0 aliphatic rings. The van der Waals surface area contributed by atoms with Gasteiger partial charge < -0.3 is 20.7 Å². The van der Waals surface area contributed by atoms with E-state index in [1.54, 1.807) is 12.1 Å². The van der Waals surface area contributed by atoms with Gasteiger partial charge in [-0.15, -0.1) is 0 Å². The van der Waals surface area contributed by atoms with E-state index in [4.69, 9.17) is 32.3 Å². The molecule has 4 N–H and O–H groups in total. The number of methoxy groups -OCH3 is 1. The highest BCUT2D eigenvalue weighted by atomic mass is 35.5. The van der Waals surface area contributed by atoms with Gasteiger partial charge in [0.15, 0.2) is 0 Å². The highest BCUT2D eigenvalue weighted by Gasteiger charge is 2.15. The predicted octanol–water partition coefficient (Wildman–Crippen LogP) is 1.56. The number of nitrogen functional groups attached to an aromatic ring is 2. The fraction of sp³-hybridized carbons (Fsp3) is 0.111. The quantitative estimate of drug-likeness (QED) is 0.773.